The van der Waals surface area contributed by atoms with Crippen molar-refractivity contribution in [1.29, 1.82) is 0 Å². The molecule has 1 aliphatic rings. The van der Waals surface area contributed by atoms with E-state index in [1.54, 1.807) is 6.08 Å². The summed E-state index contributed by atoms with van der Waals surface area (Å²) < 4.78 is 30.8. The minimum Gasteiger partial charge on any atom is -0.302 e. The highest BCUT2D eigenvalue weighted by molar-refractivity contribution is 7.60. The zero-order valence-electron chi connectivity index (χ0n) is 17.0. The van der Waals surface area contributed by atoms with Crippen molar-refractivity contribution in [3.63, 3.8) is 0 Å². The third kappa shape index (κ3) is 12.1. The number of hydrogen-bond acceptors (Lipinski definition) is 4. The van der Waals surface area contributed by atoms with E-state index < -0.39 is 15.6 Å². The second-order valence-electron chi connectivity index (χ2n) is 7.51. The van der Waals surface area contributed by atoms with E-state index in [1.165, 1.54) is 29.6 Å². The maximum Gasteiger partial charge on any atom is 0.481 e. The molecule has 1 aliphatic carbocycles. The van der Waals surface area contributed by atoms with Crippen molar-refractivity contribution in [2.45, 2.75) is 72.1 Å². The number of hydrogen-bond donors (Lipinski definition) is 3. The molecule has 0 saturated heterocycles. The molecule has 1 unspecified atom stereocenters. The quantitative estimate of drug-likeness (QED) is 0.262. The van der Waals surface area contributed by atoms with Gasteiger partial charge >= 0.3 is 15.6 Å². The number of phosphoric acid groups is 2. The molecule has 0 heterocycles. The Labute approximate surface area is 168 Å². The van der Waals surface area contributed by atoms with Gasteiger partial charge in [-0.05, 0) is 65.2 Å². The molecule has 0 aliphatic heterocycles. The first-order valence-electron chi connectivity index (χ1n) is 9.70. The van der Waals surface area contributed by atoms with Gasteiger partial charge in [0, 0.05) is 0 Å². The van der Waals surface area contributed by atoms with Crippen molar-refractivity contribution < 1.29 is 32.6 Å². The lowest BCUT2D eigenvalue weighted by Gasteiger charge is -2.16. The second kappa shape index (κ2) is 12.2. The van der Waals surface area contributed by atoms with Gasteiger partial charge in [0.05, 0.1) is 6.61 Å². The highest BCUT2D eigenvalue weighted by atomic mass is 31.3. The first-order valence-corrected chi connectivity index (χ1v) is 12.7. The molecule has 0 aromatic heterocycles. The number of phosphoric ester groups is 1. The van der Waals surface area contributed by atoms with Gasteiger partial charge in [-0.25, -0.2) is 9.13 Å². The van der Waals surface area contributed by atoms with Crippen LogP contribution in [0.25, 0.3) is 0 Å². The van der Waals surface area contributed by atoms with Gasteiger partial charge in [0.1, 0.15) is 0 Å². The Morgan fingerprint density at radius 3 is 2.14 bits per heavy atom. The lowest BCUT2D eigenvalue weighted by molar-refractivity contribution is 0.190. The second-order valence-corrected chi connectivity index (χ2v) is 10.3. The van der Waals surface area contributed by atoms with Crippen LogP contribution >= 0.6 is 15.6 Å². The molecule has 0 bridgehead atoms. The van der Waals surface area contributed by atoms with Crippen molar-refractivity contribution in [1.82, 2.24) is 0 Å². The number of rotatable bonds is 12. The molecule has 0 amide bonds. The molecule has 1 rings (SSSR count). The van der Waals surface area contributed by atoms with Gasteiger partial charge in [-0.1, -0.05) is 47.8 Å². The van der Waals surface area contributed by atoms with Gasteiger partial charge < -0.3 is 14.7 Å². The third-order valence-electron chi connectivity index (χ3n) is 4.69. The van der Waals surface area contributed by atoms with Crippen molar-refractivity contribution in [3.8, 4) is 0 Å². The summed E-state index contributed by atoms with van der Waals surface area (Å²) in [6.07, 6.45) is 14.5. The van der Waals surface area contributed by atoms with Gasteiger partial charge in [-0.15, -0.1) is 0 Å². The van der Waals surface area contributed by atoms with Crippen molar-refractivity contribution in [2.75, 3.05) is 6.61 Å². The topological polar surface area (TPSA) is 113 Å². The third-order valence-corrected chi connectivity index (χ3v) is 6.84. The van der Waals surface area contributed by atoms with Gasteiger partial charge in [-0.2, -0.15) is 4.31 Å². The van der Waals surface area contributed by atoms with Gasteiger partial charge in [0.15, 0.2) is 0 Å². The van der Waals surface area contributed by atoms with E-state index in [9.17, 15) is 14.0 Å². The molecule has 1 saturated carbocycles. The van der Waals surface area contributed by atoms with E-state index >= 15 is 0 Å². The number of allylic oxidation sites excluding steroid dienone is 5. The van der Waals surface area contributed by atoms with Crippen molar-refractivity contribution >= 4 is 15.6 Å². The summed E-state index contributed by atoms with van der Waals surface area (Å²) in [5.74, 6) is 0.434. The predicted molar refractivity (Wildman–Crippen MR) is 111 cm³/mol. The van der Waals surface area contributed by atoms with Crippen LogP contribution in [0.5, 0.6) is 0 Å². The average molecular weight is 436 g/mol. The highest BCUT2D eigenvalue weighted by Crippen LogP contribution is 2.57. The Balaban J connectivity index is 2.61. The molecule has 0 radical (unpaired) electrons. The molecule has 0 spiro atoms. The van der Waals surface area contributed by atoms with Crippen molar-refractivity contribution in [3.05, 3.63) is 34.9 Å². The molecule has 0 aromatic carbocycles. The Bertz CT molecular complexity index is 666. The molecule has 7 nitrogen and oxygen atoms in total. The van der Waals surface area contributed by atoms with Gasteiger partial charge in [0.2, 0.25) is 0 Å². The fraction of sp³-hybridized carbons (Fsp3) is 0.684. The van der Waals surface area contributed by atoms with Crippen LogP contribution in [0.1, 0.15) is 72.1 Å². The summed E-state index contributed by atoms with van der Waals surface area (Å²) in [4.78, 5) is 26.7. The minimum atomic E-state index is -5.09. The van der Waals surface area contributed by atoms with E-state index in [-0.39, 0.29) is 6.61 Å². The lowest BCUT2D eigenvalue weighted by Crippen LogP contribution is -2.02. The van der Waals surface area contributed by atoms with Crippen LogP contribution in [0.4, 0.5) is 0 Å². The Kier molecular flexibility index (Phi) is 11.2. The van der Waals surface area contributed by atoms with E-state index in [0.717, 1.165) is 38.5 Å². The molecule has 1 atom stereocenters. The molecule has 3 N–H and O–H groups in total. The normalized spacial score (nSPS) is 18.9. The summed E-state index contributed by atoms with van der Waals surface area (Å²) in [7, 11) is -9.88. The van der Waals surface area contributed by atoms with Crippen LogP contribution in [0, 0.1) is 5.92 Å². The zero-order chi connectivity index (χ0) is 21.2. The molecule has 162 valence electrons. The molecule has 1 fully saturated rings. The maximum absolute atomic E-state index is 11.6. The van der Waals surface area contributed by atoms with E-state index in [1.807, 2.05) is 0 Å². The molecule has 9 heteroatoms. The van der Waals surface area contributed by atoms with Crippen LogP contribution in [-0.4, -0.2) is 21.3 Å². The molecule has 28 heavy (non-hydrogen) atoms. The summed E-state index contributed by atoms with van der Waals surface area (Å²) in [5, 5.41) is 0. The van der Waals surface area contributed by atoms with Gasteiger partial charge in [-0.3, -0.25) is 4.52 Å². The molecular formula is C19H34O7P2. The predicted octanol–water partition coefficient (Wildman–Crippen LogP) is 5.80. The Morgan fingerprint density at radius 1 is 0.964 bits per heavy atom. The largest absolute Gasteiger partial charge is 0.481 e. The van der Waals surface area contributed by atoms with E-state index in [0.29, 0.717) is 5.92 Å². The Morgan fingerprint density at radius 2 is 1.57 bits per heavy atom. The summed E-state index contributed by atoms with van der Waals surface area (Å²) in [5.41, 5.74) is 3.83. The van der Waals surface area contributed by atoms with E-state index in [2.05, 4.69) is 37.2 Å². The zero-order valence-corrected chi connectivity index (χ0v) is 18.8. The van der Waals surface area contributed by atoms with Crippen LogP contribution < -0.4 is 0 Å². The SMILES string of the molecule is CC(C)=CCC/C(C)=C/CC/C(=C/COP(=O)(O)OP(=O)(O)O)C1CCCC1. The first kappa shape index (κ1) is 25.5. The first-order chi connectivity index (χ1) is 13.0. The lowest BCUT2D eigenvalue weighted by atomic mass is 9.92. The fourth-order valence-electron chi connectivity index (χ4n) is 3.34. The molecule has 0 aromatic rings. The molecular weight excluding hydrogens is 402 g/mol. The fourth-order valence-corrected chi connectivity index (χ4v) is 4.87. The minimum absolute atomic E-state index is 0.219. The highest BCUT2D eigenvalue weighted by Gasteiger charge is 2.32. The van der Waals surface area contributed by atoms with Crippen LogP contribution in [0.2, 0.25) is 0 Å². The van der Waals surface area contributed by atoms with E-state index in [4.69, 9.17) is 14.3 Å². The maximum atomic E-state index is 11.6. The van der Waals surface area contributed by atoms with Crippen molar-refractivity contribution in [2.24, 2.45) is 5.92 Å². The smallest absolute Gasteiger partial charge is 0.302 e. The van der Waals surface area contributed by atoms with Gasteiger partial charge in [0.25, 0.3) is 0 Å². The van der Waals surface area contributed by atoms with Crippen LogP contribution in [0.15, 0.2) is 34.9 Å². The van der Waals surface area contributed by atoms with Crippen LogP contribution in [-0.2, 0) is 18.0 Å². The summed E-state index contributed by atoms with van der Waals surface area (Å²) in [6, 6.07) is 0. The standard InChI is InChI=1S/C19H34O7P2/c1-16(2)8-6-9-17(3)10-7-13-19(18-11-4-5-12-18)14-15-25-28(23,24)26-27(20,21)22/h8,10,14,18H,4-7,9,11-13,15H2,1-3H3,(H,23,24)(H2,20,21,22)/b17-10+,19-14-. The van der Waals surface area contributed by atoms with Crippen LogP contribution in [0.3, 0.4) is 0 Å². The Hall–Kier alpha value is -0.520. The summed E-state index contributed by atoms with van der Waals surface area (Å²) in [6.45, 7) is 6.09. The average Bonchev–Trinajstić information content (AvgIpc) is 3.04. The monoisotopic (exact) mass is 436 g/mol. The summed E-state index contributed by atoms with van der Waals surface area (Å²) >= 11 is 0.